The molecule has 33 heavy (non-hydrogen) atoms. The highest BCUT2D eigenvalue weighted by Gasteiger charge is 2.16. The van der Waals surface area contributed by atoms with Crippen LogP contribution in [0.15, 0.2) is 60.7 Å². The summed E-state index contributed by atoms with van der Waals surface area (Å²) < 4.78 is 44.9. The summed E-state index contributed by atoms with van der Waals surface area (Å²) in [6.45, 7) is 0.208. The molecule has 0 saturated heterocycles. The monoisotopic (exact) mass is 469 g/mol. The van der Waals surface area contributed by atoms with E-state index in [0.717, 1.165) is 0 Å². The Morgan fingerprint density at radius 2 is 1.79 bits per heavy atom. The van der Waals surface area contributed by atoms with E-state index in [1.807, 2.05) is 6.07 Å². The largest absolute Gasteiger partial charge is 0.497 e. The van der Waals surface area contributed by atoms with Crippen molar-refractivity contribution in [1.29, 1.82) is 0 Å². The average molecular weight is 470 g/mol. The Bertz CT molecular complexity index is 1340. The minimum absolute atomic E-state index is 0.0928. The van der Waals surface area contributed by atoms with Gasteiger partial charge in [0.2, 0.25) is 15.9 Å². The van der Waals surface area contributed by atoms with Crippen molar-refractivity contribution < 1.29 is 22.6 Å². The van der Waals surface area contributed by atoms with Gasteiger partial charge in [0.25, 0.3) is 0 Å². The van der Waals surface area contributed by atoms with E-state index in [-0.39, 0.29) is 18.9 Å². The minimum atomic E-state index is -3.47. The molecule has 4 aromatic rings. The normalized spacial score (nSPS) is 11.5. The SMILES string of the molecule is COc1ccc(OC)c(-c2nnc3ccc(OCCNS(=O)(=O)Cc4ccccc4)nn23)c1. The predicted molar refractivity (Wildman–Crippen MR) is 122 cm³/mol. The van der Waals surface area contributed by atoms with Crippen LogP contribution < -0.4 is 18.9 Å². The zero-order valence-electron chi connectivity index (χ0n) is 18.1. The number of nitrogens with zero attached hydrogens (tertiary/aromatic N) is 4. The summed E-state index contributed by atoms with van der Waals surface area (Å²) in [7, 11) is -0.333. The van der Waals surface area contributed by atoms with Crippen molar-refractivity contribution in [3.8, 4) is 28.8 Å². The lowest BCUT2D eigenvalue weighted by atomic mass is 10.2. The molecule has 0 spiro atoms. The van der Waals surface area contributed by atoms with Crippen molar-refractivity contribution in [3.63, 3.8) is 0 Å². The van der Waals surface area contributed by atoms with Gasteiger partial charge in [-0.25, -0.2) is 13.1 Å². The number of fused-ring (bicyclic) bond motifs is 1. The molecule has 1 N–H and O–H groups in total. The fourth-order valence-corrected chi connectivity index (χ4v) is 4.33. The lowest BCUT2D eigenvalue weighted by Crippen LogP contribution is -2.29. The van der Waals surface area contributed by atoms with E-state index in [4.69, 9.17) is 14.2 Å². The van der Waals surface area contributed by atoms with Crippen LogP contribution in [0.3, 0.4) is 0 Å². The van der Waals surface area contributed by atoms with Gasteiger partial charge in [0.05, 0.1) is 25.5 Å². The first-order chi connectivity index (χ1) is 16.0. The molecular formula is C22H23N5O5S. The molecular weight excluding hydrogens is 446 g/mol. The van der Waals surface area contributed by atoms with Crippen LogP contribution in [0.2, 0.25) is 0 Å². The summed E-state index contributed by atoms with van der Waals surface area (Å²) in [6.07, 6.45) is 0. The van der Waals surface area contributed by atoms with Crippen LogP contribution in [0.4, 0.5) is 0 Å². The Kier molecular flexibility index (Phi) is 6.71. The van der Waals surface area contributed by atoms with Gasteiger partial charge in [-0.15, -0.1) is 15.3 Å². The first kappa shape index (κ1) is 22.5. The molecule has 0 atom stereocenters. The van der Waals surface area contributed by atoms with Gasteiger partial charge in [-0.1, -0.05) is 30.3 Å². The molecule has 0 aliphatic rings. The number of methoxy groups -OCH3 is 2. The Balaban J connectivity index is 1.45. The maximum atomic E-state index is 12.2. The molecule has 0 aliphatic carbocycles. The number of benzene rings is 2. The Morgan fingerprint density at radius 1 is 0.970 bits per heavy atom. The topological polar surface area (TPSA) is 117 Å². The van der Waals surface area contributed by atoms with Crippen molar-refractivity contribution >= 4 is 15.7 Å². The summed E-state index contributed by atoms with van der Waals surface area (Å²) in [5, 5.41) is 12.8. The Hall–Kier alpha value is -3.70. The molecule has 0 radical (unpaired) electrons. The highest BCUT2D eigenvalue weighted by Crippen LogP contribution is 2.32. The van der Waals surface area contributed by atoms with Crippen LogP contribution in [0.1, 0.15) is 5.56 Å². The van der Waals surface area contributed by atoms with E-state index >= 15 is 0 Å². The number of hydrogen-bond acceptors (Lipinski definition) is 8. The summed E-state index contributed by atoms with van der Waals surface area (Å²) in [6, 6.07) is 17.7. The van der Waals surface area contributed by atoms with Gasteiger partial charge in [-0.3, -0.25) is 0 Å². The number of sulfonamides is 1. The Labute approximate surface area is 191 Å². The van der Waals surface area contributed by atoms with E-state index in [1.165, 1.54) is 4.52 Å². The maximum Gasteiger partial charge on any atom is 0.231 e. The average Bonchev–Trinajstić information content (AvgIpc) is 3.25. The van der Waals surface area contributed by atoms with Gasteiger partial charge < -0.3 is 14.2 Å². The number of hydrogen-bond donors (Lipinski definition) is 1. The number of nitrogens with one attached hydrogen (secondary N) is 1. The lowest BCUT2D eigenvalue weighted by molar-refractivity contribution is 0.306. The predicted octanol–water partition coefficient (Wildman–Crippen LogP) is 2.31. The van der Waals surface area contributed by atoms with E-state index in [9.17, 15) is 8.42 Å². The maximum absolute atomic E-state index is 12.2. The standard InChI is InChI=1S/C22H23N5O5S/c1-30-17-8-9-19(31-2)18(14-17)22-25-24-20-10-11-21(26-27(20)22)32-13-12-23-33(28,29)15-16-6-4-3-5-7-16/h3-11,14,23H,12-13,15H2,1-2H3. The molecule has 0 saturated carbocycles. The fourth-order valence-electron chi connectivity index (χ4n) is 3.20. The van der Waals surface area contributed by atoms with E-state index in [2.05, 4.69) is 20.0 Å². The summed E-state index contributed by atoms with van der Waals surface area (Å²) >= 11 is 0. The molecule has 2 aromatic carbocycles. The van der Waals surface area contributed by atoms with Crippen LogP contribution >= 0.6 is 0 Å². The molecule has 11 heteroatoms. The van der Waals surface area contributed by atoms with Gasteiger partial charge in [0.15, 0.2) is 11.5 Å². The quantitative estimate of drug-likeness (QED) is 0.352. The fraction of sp³-hybridized carbons (Fsp3) is 0.227. The van der Waals surface area contributed by atoms with E-state index < -0.39 is 10.0 Å². The van der Waals surface area contributed by atoms with Gasteiger partial charge in [0, 0.05) is 12.6 Å². The van der Waals surface area contributed by atoms with Gasteiger partial charge in [-0.05, 0) is 29.8 Å². The second kappa shape index (κ2) is 9.84. The minimum Gasteiger partial charge on any atom is -0.497 e. The van der Waals surface area contributed by atoms with E-state index in [1.54, 1.807) is 68.8 Å². The first-order valence-electron chi connectivity index (χ1n) is 10.1. The molecule has 0 aliphatic heterocycles. The van der Waals surface area contributed by atoms with Gasteiger partial charge in [0.1, 0.15) is 18.1 Å². The molecule has 2 heterocycles. The zero-order valence-corrected chi connectivity index (χ0v) is 18.9. The third kappa shape index (κ3) is 5.38. The van der Waals surface area contributed by atoms with Gasteiger partial charge >= 0.3 is 0 Å². The molecule has 4 rings (SSSR count). The Morgan fingerprint density at radius 3 is 2.55 bits per heavy atom. The third-order valence-corrected chi connectivity index (χ3v) is 6.12. The molecule has 2 aromatic heterocycles. The summed E-state index contributed by atoms with van der Waals surface area (Å²) in [5.74, 6) is 1.89. The summed E-state index contributed by atoms with van der Waals surface area (Å²) in [4.78, 5) is 0. The van der Waals surface area contributed by atoms with Crippen molar-refractivity contribution in [2.75, 3.05) is 27.4 Å². The molecule has 0 amide bonds. The second-order valence-electron chi connectivity index (χ2n) is 7.02. The molecule has 172 valence electrons. The second-order valence-corrected chi connectivity index (χ2v) is 8.83. The van der Waals surface area contributed by atoms with Crippen LogP contribution in [-0.4, -0.2) is 55.6 Å². The van der Waals surface area contributed by atoms with Crippen molar-refractivity contribution in [3.05, 3.63) is 66.2 Å². The third-order valence-electron chi connectivity index (χ3n) is 4.76. The smallest absolute Gasteiger partial charge is 0.231 e. The number of aromatic nitrogens is 4. The molecule has 10 nitrogen and oxygen atoms in total. The highest BCUT2D eigenvalue weighted by atomic mass is 32.2. The zero-order chi connectivity index (χ0) is 23.3. The molecule has 0 fully saturated rings. The van der Waals surface area contributed by atoms with Crippen molar-refractivity contribution in [2.24, 2.45) is 0 Å². The van der Waals surface area contributed by atoms with Crippen LogP contribution in [0.5, 0.6) is 17.4 Å². The lowest BCUT2D eigenvalue weighted by Gasteiger charge is -2.10. The highest BCUT2D eigenvalue weighted by molar-refractivity contribution is 7.88. The van der Waals surface area contributed by atoms with Crippen LogP contribution in [0.25, 0.3) is 17.0 Å². The van der Waals surface area contributed by atoms with Crippen molar-refractivity contribution in [2.45, 2.75) is 5.75 Å². The van der Waals surface area contributed by atoms with Crippen LogP contribution in [-0.2, 0) is 15.8 Å². The van der Waals surface area contributed by atoms with Gasteiger partial charge in [-0.2, -0.15) is 4.52 Å². The summed E-state index contributed by atoms with van der Waals surface area (Å²) in [5.41, 5.74) is 1.89. The molecule has 0 bridgehead atoms. The first-order valence-corrected chi connectivity index (χ1v) is 11.7. The van der Waals surface area contributed by atoms with Crippen molar-refractivity contribution in [1.82, 2.24) is 24.5 Å². The number of rotatable bonds is 10. The number of ether oxygens (including phenoxy) is 3. The molecule has 0 unspecified atom stereocenters. The van der Waals surface area contributed by atoms with Crippen LogP contribution in [0, 0.1) is 0 Å². The van der Waals surface area contributed by atoms with E-state index in [0.29, 0.717) is 40.0 Å².